The molecule has 100 valence electrons. The van der Waals surface area contributed by atoms with Gasteiger partial charge in [0.1, 0.15) is 17.2 Å². The molecule has 0 aromatic heterocycles. The van der Waals surface area contributed by atoms with Crippen LogP contribution in [-0.2, 0) is 0 Å². The summed E-state index contributed by atoms with van der Waals surface area (Å²) in [5.74, 6) is 1.97. The predicted octanol–water partition coefficient (Wildman–Crippen LogP) is 4.61. The minimum Gasteiger partial charge on any atom is -0.489 e. The second-order valence-electron chi connectivity index (χ2n) is 4.39. The molecule has 0 aliphatic rings. The Morgan fingerprint density at radius 2 is 1.63 bits per heavy atom. The Bertz CT molecular complexity index is 553. The summed E-state index contributed by atoms with van der Waals surface area (Å²) in [6.45, 7) is 3.92. The number of anilines is 1. The molecule has 2 rings (SSSR count). The van der Waals surface area contributed by atoms with Crippen molar-refractivity contribution < 1.29 is 9.47 Å². The molecule has 0 aliphatic heterocycles. The van der Waals surface area contributed by atoms with Gasteiger partial charge in [0.2, 0.25) is 0 Å². The maximum Gasteiger partial charge on any atom is 0.154 e. The first-order valence-electron chi connectivity index (χ1n) is 6.05. The summed E-state index contributed by atoms with van der Waals surface area (Å²) >= 11 is 3.38. The van der Waals surface area contributed by atoms with Crippen molar-refractivity contribution in [1.29, 1.82) is 0 Å². The van der Waals surface area contributed by atoms with Gasteiger partial charge in [0.15, 0.2) is 5.75 Å². The van der Waals surface area contributed by atoms with Crippen molar-refractivity contribution in [1.82, 2.24) is 0 Å². The smallest absolute Gasteiger partial charge is 0.154 e. The van der Waals surface area contributed by atoms with E-state index in [2.05, 4.69) is 15.9 Å². The van der Waals surface area contributed by atoms with E-state index in [4.69, 9.17) is 15.2 Å². The SMILES string of the molecule is CC(C)Oc1cccc(Oc2ccc(Br)cc2)c1N. The van der Waals surface area contributed by atoms with Crippen molar-refractivity contribution in [3.8, 4) is 17.2 Å². The molecular weight excluding hydrogens is 306 g/mol. The van der Waals surface area contributed by atoms with Crippen molar-refractivity contribution in [2.75, 3.05) is 5.73 Å². The average Bonchev–Trinajstić information content (AvgIpc) is 2.36. The van der Waals surface area contributed by atoms with Crippen LogP contribution >= 0.6 is 15.9 Å². The molecule has 0 spiro atoms. The predicted molar refractivity (Wildman–Crippen MR) is 80.8 cm³/mol. The molecule has 0 aliphatic carbocycles. The lowest BCUT2D eigenvalue weighted by molar-refractivity contribution is 0.243. The summed E-state index contributed by atoms with van der Waals surface area (Å²) in [4.78, 5) is 0. The second kappa shape index (κ2) is 5.97. The zero-order valence-electron chi connectivity index (χ0n) is 10.9. The summed E-state index contributed by atoms with van der Waals surface area (Å²) in [5, 5.41) is 0. The molecule has 0 saturated carbocycles. The van der Waals surface area contributed by atoms with Crippen LogP contribution in [-0.4, -0.2) is 6.10 Å². The molecule has 2 aromatic carbocycles. The number of para-hydroxylation sites is 1. The van der Waals surface area contributed by atoms with E-state index in [-0.39, 0.29) is 6.10 Å². The summed E-state index contributed by atoms with van der Waals surface area (Å²) in [7, 11) is 0. The molecule has 0 fully saturated rings. The molecule has 2 N–H and O–H groups in total. The van der Waals surface area contributed by atoms with Gasteiger partial charge >= 0.3 is 0 Å². The summed E-state index contributed by atoms with van der Waals surface area (Å²) in [5.41, 5.74) is 6.56. The fourth-order valence-corrected chi connectivity index (χ4v) is 1.86. The first-order chi connectivity index (χ1) is 9.06. The maximum atomic E-state index is 6.05. The highest BCUT2D eigenvalue weighted by Crippen LogP contribution is 2.35. The van der Waals surface area contributed by atoms with Crippen LogP contribution in [0, 0.1) is 0 Å². The molecule has 4 heteroatoms. The van der Waals surface area contributed by atoms with Crippen LogP contribution in [0.4, 0.5) is 5.69 Å². The van der Waals surface area contributed by atoms with Crippen LogP contribution in [0.3, 0.4) is 0 Å². The fraction of sp³-hybridized carbons (Fsp3) is 0.200. The van der Waals surface area contributed by atoms with E-state index < -0.39 is 0 Å². The molecule has 0 heterocycles. The van der Waals surface area contributed by atoms with Gasteiger partial charge in [-0.25, -0.2) is 0 Å². The maximum absolute atomic E-state index is 6.05. The molecule has 0 bridgehead atoms. The van der Waals surface area contributed by atoms with Crippen LogP contribution in [0.1, 0.15) is 13.8 Å². The van der Waals surface area contributed by atoms with Gasteiger partial charge in [0, 0.05) is 4.47 Å². The number of ether oxygens (including phenoxy) is 2. The van der Waals surface area contributed by atoms with Crippen LogP contribution in [0.25, 0.3) is 0 Å². The topological polar surface area (TPSA) is 44.5 Å². The van der Waals surface area contributed by atoms with Crippen molar-refractivity contribution in [2.24, 2.45) is 0 Å². The van der Waals surface area contributed by atoms with Gasteiger partial charge in [-0.15, -0.1) is 0 Å². The highest BCUT2D eigenvalue weighted by molar-refractivity contribution is 9.10. The van der Waals surface area contributed by atoms with Crippen LogP contribution < -0.4 is 15.2 Å². The number of nitrogens with two attached hydrogens (primary N) is 1. The molecule has 0 unspecified atom stereocenters. The number of hydrogen-bond donors (Lipinski definition) is 1. The number of nitrogen functional groups attached to an aromatic ring is 1. The van der Waals surface area contributed by atoms with Crippen molar-refractivity contribution in [2.45, 2.75) is 20.0 Å². The highest BCUT2D eigenvalue weighted by atomic mass is 79.9. The third kappa shape index (κ3) is 3.64. The lowest BCUT2D eigenvalue weighted by atomic mass is 10.2. The first-order valence-corrected chi connectivity index (χ1v) is 6.84. The number of benzene rings is 2. The van der Waals surface area contributed by atoms with Crippen molar-refractivity contribution in [3.05, 3.63) is 46.9 Å². The summed E-state index contributed by atoms with van der Waals surface area (Å²) in [6, 6.07) is 13.1. The summed E-state index contributed by atoms with van der Waals surface area (Å²) in [6.07, 6.45) is 0.0743. The Balaban J connectivity index is 2.23. The van der Waals surface area contributed by atoms with Crippen LogP contribution in [0.15, 0.2) is 46.9 Å². The molecule has 0 amide bonds. The minimum absolute atomic E-state index is 0.0743. The number of halogens is 1. The highest BCUT2D eigenvalue weighted by Gasteiger charge is 2.09. The Morgan fingerprint density at radius 1 is 1.00 bits per heavy atom. The van der Waals surface area contributed by atoms with E-state index in [0.717, 1.165) is 10.2 Å². The quantitative estimate of drug-likeness (QED) is 0.836. The molecule has 0 radical (unpaired) electrons. The molecule has 0 saturated heterocycles. The third-order valence-corrected chi connectivity index (χ3v) is 2.96. The Kier molecular flexibility index (Phi) is 4.32. The Labute approximate surface area is 121 Å². The van der Waals surface area contributed by atoms with Gasteiger partial charge in [-0.2, -0.15) is 0 Å². The van der Waals surface area contributed by atoms with Crippen LogP contribution in [0.2, 0.25) is 0 Å². The van der Waals surface area contributed by atoms with E-state index >= 15 is 0 Å². The van der Waals surface area contributed by atoms with Gasteiger partial charge < -0.3 is 15.2 Å². The molecule has 0 atom stereocenters. The molecule has 2 aromatic rings. The van der Waals surface area contributed by atoms with E-state index in [1.165, 1.54) is 0 Å². The van der Waals surface area contributed by atoms with E-state index in [0.29, 0.717) is 17.2 Å². The Hall–Kier alpha value is -1.68. The average molecular weight is 322 g/mol. The number of rotatable bonds is 4. The van der Waals surface area contributed by atoms with Gasteiger partial charge in [0.25, 0.3) is 0 Å². The van der Waals surface area contributed by atoms with Gasteiger partial charge in [0.05, 0.1) is 6.10 Å². The molecular formula is C15H16BrNO2. The van der Waals surface area contributed by atoms with Crippen molar-refractivity contribution >= 4 is 21.6 Å². The van der Waals surface area contributed by atoms with E-state index in [1.54, 1.807) is 0 Å². The van der Waals surface area contributed by atoms with Crippen molar-refractivity contribution in [3.63, 3.8) is 0 Å². The van der Waals surface area contributed by atoms with Gasteiger partial charge in [-0.05, 0) is 50.2 Å². The van der Waals surface area contributed by atoms with E-state index in [1.807, 2.05) is 56.3 Å². The normalized spacial score (nSPS) is 10.5. The zero-order valence-corrected chi connectivity index (χ0v) is 12.5. The van der Waals surface area contributed by atoms with Crippen LogP contribution in [0.5, 0.6) is 17.2 Å². The van der Waals surface area contributed by atoms with Gasteiger partial charge in [-0.3, -0.25) is 0 Å². The molecule has 19 heavy (non-hydrogen) atoms. The third-order valence-electron chi connectivity index (χ3n) is 2.43. The lowest BCUT2D eigenvalue weighted by Gasteiger charge is -2.15. The van der Waals surface area contributed by atoms with Gasteiger partial charge in [-0.1, -0.05) is 22.0 Å². The molecule has 3 nitrogen and oxygen atoms in total. The fourth-order valence-electron chi connectivity index (χ4n) is 1.60. The first kappa shape index (κ1) is 13.7. The zero-order chi connectivity index (χ0) is 13.8. The lowest BCUT2D eigenvalue weighted by Crippen LogP contribution is -2.07. The second-order valence-corrected chi connectivity index (χ2v) is 5.31. The largest absolute Gasteiger partial charge is 0.489 e. The summed E-state index contributed by atoms with van der Waals surface area (Å²) < 4.78 is 12.4. The monoisotopic (exact) mass is 321 g/mol. The minimum atomic E-state index is 0.0743. The Morgan fingerprint density at radius 3 is 2.26 bits per heavy atom. The standard InChI is InChI=1S/C15H16BrNO2/c1-10(2)18-13-4-3-5-14(15(13)17)19-12-8-6-11(16)7-9-12/h3-10H,17H2,1-2H3. The number of hydrogen-bond acceptors (Lipinski definition) is 3. The van der Waals surface area contributed by atoms with E-state index in [9.17, 15) is 0 Å².